The second-order valence-corrected chi connectivity index (χ2v) is 9.91. The number of fused-ring (bicyclic) bond motifs is 4. The van der Waals surface area contributed by atoms with Crippen LogP contribution in [0.25, 0.3) is 27.7 Å². The zero-order valence-corrected chi connectivity index (χ0v) is 19.7. The third-order valence-corrected chi connectivity index (χ3v) is 8.05. The van der Waals surface area contributed by atoms with Gasteiger partial charge >= 0.3 is 0 Å². The normalized spacial score (nSPS) is 23.1. The third-order valence-electron chi connectivity index (χ3n) is 8.05. The van der Waals surface area contributed by atoms with Crippen LogP contribution in [0.5, 0.6) is 5.75 Å². The minimum atomic E-state index is -0.426. The number of anilines is 1. The first-order chi connectivity index (χ1) is 17.2. The summed E-state index contributed by atoms with van der Waals surface area (Å²) in [6.07, 6.45) is 11.2. The molecule has 35 heavy (non-hydrogen) atoms. The SMILES string of the molecule is COc1cc2c(-c3cnn4cc(N5CCC(N6C[C@H]7C[C@@H]6CN7)CC5)cnc34)ccnc2cc1F. The number of pyridine rings is 1. The van der Waals surface area contributed by atoms with Crippen LogP contribution in [-0.4, -0.2) is 75.9 Å². The van der Waals surface area contributed by atoms with Crippen molar-refractivity contribution in [1.82, 2.24) is 29.8 Å². The van der Waals surface area contributed by atoms with Crippen molar-refractivity contribution in [2.75, 3.05) is 38.2 Å². The van der Waals surface area contributed by atoms with Crippen LogP contribution in [0, 0.1) is 5.82 Å². The van der Waals surface area contributed by atoms with E-state index in [1.165, 1.54) is 39.0 Å². The van der Waals surface area contributed by atoms with Gasteiger partial charge in [-0.05, 0) is 37.0 Å². The number of piperidine rings is 1. The lowest BCUT2D eigenvalue weighted by Gasteiger charge is -2.41. The first-order valence-corrected chi connectivity index (χ1v) is 12.4. The molecule has 9 heteroatoms. The van der Waals surface area contributed by atoms with E-state index in [1.54, 1.807) is 12.3 Å². The van der Waals surface area contributed by atoms with Gasteiger partial charge in [-0.25, -0.2) is 13.9 Å². The van der Waals surface area contributed by atoms with E-state index in [-0.39, 0.29) is 5.75 Å². The minimum Gasteiger partial charge on any atom is -0.494 e. The number of benzene rings is 1. The molecular formula is C26H28FN7O. The van der Waals surface area contributed by atoms with Crippen LogP contribution in [-0.2, 0) is 0 Å². The van der Waals surface area contributed by atoms with Crippen LogP contribution in [0.2, 0.25) is 0 Å². The van der Waals surface area contributed by atoms with Gasteiger partial charge in [0.15, 0.2) is 17.2 Å². The highest BCUT2D eigenvalue weighted by Crippen LogP contribution is 2.34. The Balaban J connectivity index is 1.15. The highest BCUT2D eigenvalue weighted by atomic mass is 19.1. The molecule has 7 rings (SSSR count). The van der Waals surface area contributed by atoms with Gasteiger partial charge in [-0.15, -0.1) is 0 Å². The zero-order valence-electron chi connectivity index (χ0n) is 19.7. The van der Waals surface area contributed by atoms with Crippen molar-refractivity contribution in [2.24, 2.45) is 0 Å². The summed E-state index contributed by atoms with van der Waals surface area (Å²) >= 11 is 0. The molecule has 3 aromatic heterocycles. The van der Waals surface area contributed by atoms with Crippen LogP contribution in [0.3, 0.4) is 0 Å². The summed E-state index contributed by atoms with van der Waals surface area (Å²) in [5.74, 6) is -0.232. The van der Waals surface area contributed by atoms with Gasteiger partial charge in [0.25, 0.3) is 0 Å². The van der Waals surface area contributed by atoms with E-state index in [1.807, 2.05) is 23.0 Å². The first-order valence-electron chi connectivity index (χ1n) is 12.4. The van der Waals surface area contributed by atoms with Crippen LogP contribution in [0.4, 0.5) is 10.1 Å². The molecule has 2 atom stereocenters. The number of nitrogens with zero attached hydrogens (tertiary/aromatic N) is 6. The Morgan fingerprint density at radius 2 is 1.97 bits per heavy atom. The summed E-state index contributed by atoms with van der Waals surface area (Å²) < 4.78 is 21.3. The fourth-order valence-corrected chi connectivity index (χ4v) is 6.25. The lowest BCUT2D eigenvalue weighted by atomic mass is 10.0. The molecule has 3 saturated heterocycles. The van der Waals surface area contributed by atoms with Gasteiger partial charge < -0.3 is 15.0 Å². The van der Waals surface area contributed by atoms with Crippen molar-refractivity contribution in [1.29, 1.82) is 0 Å². The Hall–Kier alpha value is -3.30. The standard InChI is InChI=1S/C26H28FN7O/c1-35-25-9-21-20(2-5-28-24(21)10-23(25)27)22-13-31-34-15-19(12-30-26(22)34)32-6-3-17(4-7-32)33-14-16-8-18(33)11-29-16/h2,5,9-10,12-13,15-18,29H,3-4,6-8,11,14H2,1H3/t16-,18-/m1/s1. The third kappa shape index (κ3) is 3.44. The Kier molecular flexibility index (Phi) is 4.89. The van der Waals surface area contributed by atoms with Crippen molar-refractivity contribution in [3.8, 4) is 16.9 Å². The first kappa shape index (κ1) is 21.0. The molecule has 0 amide bonds. The topological polar surface area (TPSA) is 70.8 Å². The molecular weight excluding hydrogens is 445 g/mol. The smallest absolute Gasteiger partial charge is 0.167 e. The number of methoxy groups -OCH3 is 1. The van der Waals surface area contributed by atoms with Crippen LogP contribution in [0.1, 0.15) is 19.3 Å². The second-order valence-electron chi connectivity index (χ2n) is 9.91. The van der Waals surface area contributed by atoms with Crippen LogP contribution >= 0.6 is 0 Å². The summed E-state index contributed by atoms with van der Waals surface area (Å²) in [5.41, 5.74) is 4.22. The van der Waals surface area contributed by atoms with Gasteiger partial charge in [0.1, 0.15) is 0 Å². The predicted molar refractivity (Wildman–Crippen MR) is 132 cm³/mol. The number of nitrogens with one attached hydrogen (secondary N) is 1. The largest absolute Gasteiger partial charge is 0.494 e. The van der Waals surface area contributed by atoms with Crippen molar-refractivity contribution < 1.29 is 9.13 Å². The number of hydrogen-bond acceptors (Lipinski definition) is 7. The number of ether oxygens (including phenoxy) is 1. The molecule has 1 aromatic carbocycles. The molecule has 2 bridgehead atoms. The Labute approximate surface area is 202 Å². The van der Waals surface area contributed by atoms with Gasteiger partial charge in [-0.1, -0.05) is 0 Å². The molecule has 6 heterocycles. The summed E-state index contributed by atoms with van der Waals surface area (Å²) in [6, 6.07) is 7.14. The van der Waals surface area contributed by atoms with Crippen LogP contribution < -0.4 is 15.0 Å². The zero-order chi connectivity index (χ0) is 23.5. The van der Waals surface area contributed by atoms with Crippen LogP contribution in [0.15, 0.2) is 43.0 Å². The molecule has 3 aliphatic heterocycles. The highest BCUT2D eigenvalue weighted by Gasteiger charge is 2.41. The summed E-state index contributed by atoms with van der Waals surface area (Å²) in [4.78, 5) is 14.3. The summed E-state index contributed by atoms with van der Waals surface area (Å²) in [5, 5.41) is 9.02. The Bertz CT molecular complexity index is 1410. The van der Waals surface area contributed by atoms with Crippen molar-refractivity contribution in [2.45, 2.75) is 37.4 Å². The number of likely N-dealkylation sites (tertiary alicyclic amines) is 1. The molecule has 0 spiro atoms. The van der Waals surface area contributed by atoms with E-state index in [2.05, 4.69) is 31.4 Å². The molecule has 3 aliphatic rings. The van der Waals surface area contributed by atoms with Crippen molar-refractivity contribution in [3.05, 3.63) is 48.8 Å². The van der Waals surface area contributed by atoms with E-state index >= 15 is 0 Å². The molecule has 0 saturated carbocycles. The monoisotopic (exact) mass is 473 g/mol. The number of rotatable bonds is 4. The lowest BCUT2D eigenvalue weighted by Crippen LogP contribution is -2.52. The maximum absolute atomic E-state index is 14.2. The van der Waals surface area contributed by atoms with Crippen molar-refractivity contribution >= 4 is 22.2 Å². The molecule has 8 nitrogen and oxygen atoms in total. The molecule has 4 aromatic rings. The highest BCUT2D eigenvalue weighted by molar-refractivity contribution is 5.98. The second kappa shape index (κ2) is 8.13. The molecule has 1 N–H and O–H groups in total. The number of halogens is 1. The Morgan fingerprint density at radius 3 is 2.74 bits per heavy atom. The average molecular weight is 474 g/mol. The van der Waals surface area contributed by atoms with E-state index in [4.69, 9.17) is 9.72 Å². The number of aromatic nitrogens is 4. The summed E-state index contributed by atoms with van der Waals surface area (Å²) in [6.45, 7) is 4.43. The average Bonchev–Trinajstić information content (AvgIpc) is 3.64. The summed E-state index contributed by atoms with van der Waals surface area (Å²) in [7, 11) is 1.47. The van der Waals surface area contributed by atoms with Gasteiger partial charge in [-0.3, -0.25) is 9.88 Å². The number of piperazine rings is 1. The quantitative estimate of drug-likeness (QED) is 0.488. The van der Waals surface area contributed by atoms with E-state index in [0.717, 1.165) is 53.5 Å². The number of hydrogen-bond donors (Lipinski definition) is 1. The van der Waals surface area contributed by atoms with E-state index in [0.29, 0.717) is 17.6 Å². The molecule has 0 radical (unpaired) electrons. The minimum absolute atomic E-state index is 0.194. The fourth-order valence-electron chi connectivity index (χ4n) is 6.25. The van der Waals surface area contributed by atoms with Crippen molar-refractivity contribution in [3.63, 3.8) is 0 Å². The van der Waals surface area contributed by atoms with Gasteiger partial charge in [-0.2, -0.15) is 5.10 Å². The van der Waals surface area contributed by atoms with Gasteiger partial charge in [0.05, 0.1) is 36.9 Å². The molecule has 3 fully saturated rings. The van der Waals surface area contributed by atoms with Gasteiger partial charge in [0, 0.05) is 67.5 Å². The lowest BCUT2D eigenvalue weighted by molar-refractivity contribution is 0.137. The maximum atomic E-state index is 14.2. The van der Waals surface area contributed by atoms with E-state index < -0.39 is 5.82 Å². The van der Waals surface area contributed by atoms with E-state index in [9.17, 15) is 4.39 Å². The maximum Gasteiger partial charge on any atom is 0.167 e. The predicted octanol–water partition coefficient (Wildman–Crippen LogP) is 3.11. The fraction of sp³-hybridized carbons (Fsp3) is 0.423. The molecule has 180 valence electrons. The molecule has 0 aliphatic carbocycles. The molecule has 0 unspecified atom stereocenters. The van der Waals surface area contributed by atoms with Gasteiger partial charge in [0.2, 0.25) is 0 Å². The Morgan fingerprint density at radius 1 is 1.09 bits per heavy atom.